The number of aliphatic hydroxyl groups excluding tert-OH is 1. The summed E-state index contributed by atoms with van der Waals surface area (Å²) >= 11 is 0. The van der Waals surface area contributed by atoms with E-state index in [1.165, 1.54) is 122 Å². The molecule has 0 amide bonds. The molecule has 3 atom stereocenters. The smallest absolute Gasteiger partial charge is 1.00 e. The van der Waals surface area contributed by atoms with Gasteiger partial charge in [0.15, 0.2) is 12.6 Å². The maximum absolute atomic E-state index is 10.2. The third-order valence-corrected chi connectivity index (χ3v) is 9.07. The van der Waals surface area contributed by atoms with Gasteiger partial charge in [0.1, 0.15) is 6.29 Å². The first-order chi connectivity index (χ1) is 24.2. The summed E-state index contributed by atoms with van der Waals surface area (Å²) in [5, 5.41) is 9.19. The summed E-state index contributed by atoms with van der Waals surface area (Å²) in [4.78, 5) is 10.2. The SMILES string of the molecule is CC(O)CCCCCCCCCCC#CCCCOC1CCCCO1.O=CCCCCCCCCCCC#CCCCOC1CCCCO1.[Br-].[CH3-].[Mg+2]. The first kappa shape index (κ1) is 56.2. The molecule has 0 aromatic heterocycles. The Bertz CT molecular complexity index is 824. The number of hydrogen-bond donors (Lipinski definition) is 1. The summed E-state index contributed by atoms with van der Waals surface area (Å²) in [5.41, 5.74) is 0. The molecule has 0 aromatic carbocycles. The van der Waals surface area contributed by atoms with Gasteiger partial charge in [-0.25, -0.2) is 0 Å². The molecule has 0 aliphatic carbocycles. The molecule has 0 saturated carbocycles. The fourth-order valence-electron chi connectivity index (χ4n) is 6.00. The van der Waals surface area contributed by atoms with Crippen LogP contribution in [0.15, 0.2) is 0 Å². The molecule has 0 radical (unpaired) electrons. The van der Waals surface area contributed by atoms with Gasteiger partial charge in [0.25, 0.3) is 0 Å². The van der Waals surface area contributed by atoms with Gasteiger partial charge in [-0.1, -0.05) is 83.5 Å². The third-order valence-electron chi connectivity index (χ3n) is 9.07. The number of hydrogen-bond acceptors (Lipinski definition) is 6. The molecule has 0 aromatic rings. The monoisotopic (exact) mass is 806 g/mol. The van der Waals surface area contributed by atoms with Gasteiger partial charge in [-0.05, 0) is 84.0 Å². The van der Waals surface area contributed by atoms with Crippen molar-refractivity contribution in [2.24, 2.45) is 0 Å². The number of unbranched alkanes of at least 4 members (excludes halogenated alkanes) is 19. The molecule has 6 nitrogen and oxygen atoms in total. The van der Waals surface area contributed by atoms with Crippen molar-refractivity contribution in [2.45, 2.75) is 218 Å². The Kier molecular flexibility index (Phi) is 50.8. The largest absolute Gasteiger partial charge is 2.00 e. The molecule has 2 saturated heterocycles. The van der Waals surface area contributed by atoms with Crippen molar-refractivity contribution in [1.82, 2.24) is 0 Å². The van der Waals surface area contributed by atoms with Crippen LogP contribution in [0.3, 0.4) is 0 Å². The second kappa shape index (κ2) is 47.0. The molecule has 3 unspecified atom stereocenters. The van der Waals surface area contributed by atoms with E-state index in [2.05, 4.69) is 23.7 Å². The number of halogens is 1. The summed E-state index contributed by atoms with van der Waals surface area (Å²) in [6.45, 7) is 5.13. The molecule has 2 fully saturated rings. The van der Waals surface area contributed by atoms with Crippen LogP contribution in [-0.2, 0) is 23.7 Å². The Morgan fingerprint density at radius 3 is 1.33 bits per heavy atom. The zero-order valence-electron chi connectivity index (χ0n) is 33.9. The summed E-state index contributed by atoms with van der Waals surface area (Å²) in [6, 6.07) is 0. The Morgan fingerprint density at radius 1 is 0.596 bits per heavy atom. The first-order valence-corrected chi connectivity index (χ1v) is 20.7. The maximum atomic E-state index is 10.2. The molecule has 2 aliphatic heterocycles. The van der Waals surface area contributed by atoms with Crippen LogP contribution in [0.2, 0.25) is 0 Å². The molecule has 2 heterocycles. The topological polar surface area (TPSA) is 74.2 Å². The van der Waals surface area contributed by atoms with Gasteiger partial charge in [-0.2, -0.15) is 0 Å². The molecule has 300 valence electrons. The van der Waals surface area contributed by atoms with Crippen LogP contribution in [0.1, 0.15) is 200 Å². The minimum absolute atomic E-state index is 0. The van der Waals surface area contributed by atoms with Gasteiger partial charge >= 0.3 is 23.1 Å². The molecule has 2 rings (SSSR count). The number of aldehydes is 1. The van der Waals surface area contributed by atoms with E-state index in [1.807, 2.05) is 6.92 Å². The Morgan fingerprint density at radius 2 is 0.962 bits per heavy atom. The van der Waals surface area contributed by atoms with Crippen LogP contribution in [0.25, 0.3) is 0 Å². The van der Waals surface area contributed by atoms with E-state index in [4.69, 9.17) is 18.9 Å². The molecule has 52 heavy (non-hydrogen) atoms. The maximum Gasteiger partial charge on any atom is 2.00 e. The van der Waals surface area contributed by atoms with Crippen molar-refractivity contribution in [2.75, 3.05) is 26.4 Å². The number of rotatable bonds is 28. The summed E-state index contributed by atoms with van der Waals surface area (Å²) in [6.07, 6.45) is 36.0. The summed E-state index contributed by atoms with van der Waals surface area (Å²) < 4.78 is 22.5. The zero-order chi connectivity index (χ0) is 35.1. The number of carbonyl (C=O) groups is 1. The fourth-order valence-corrected chi connectivity index (χ4v) is 6.00. The summed E-state index contributed by atoms with van der Waals surface area (Å²) in [5.74, 6) is 13.1. The standard InChI is InChI=1S/C22H40O3.C21H36O3.CH3.BrH.Mg/c1-21(23)17-13-11-9-7-5-3-2-4-6-8-10-12-15-19-24-22-18-14-16-20-25-22;22-18-14-11-9-7-5-3-1-2-4-6-8-10-12-15-19-23-21-17-13-16-20-24-21;;;/h21-23H,2-7,9,11-20H2,1H3;18,21H,1-7,9,11-17,19-20H2;1H3;1H;/q;;-1;;+2/p-1. The second-order valence-electron chi connectivity index (χ2n) is 14.0. The Hall–Kier alpha value is -0.164. The molecule has 0 spiro atoms. The van der Waals surface area contributed by atoms with E-state index < -0.39 is 0 Å². The number of ether oxygens (including phenoxy) is 4. The fraction of sp³-hybridized carbons (Fsp3) is 0.864. The van der Waals surface area contributed by atoms with E-state index in [9.17, 15) is 9.90 Å². The normalized spacial score (nSPS) is 16.9. The van der Waals surface area contributed by atoms with E-state index in [0.717, 1.165) is 103 Å². The van der Waals surface area contributed by atoms with E-state index >= 15 is 0 Å². The minimum atomic E-state index is -0.125. The van der Waals surface area contributed by atoms with Gasteiger partial charge in [-0.15, -0.1) is 23.7 Å². The van der Waals surface area contributed by atoms with E-state index in [1.54, 1.807) is 0 Å². The van der Waals surface area contributed by atoms with Gasteiger partial charge in [0, 0.05) is 45.3 Å². The van der Waals surface area contributed by atoms with Gasteiger partial charge in [0.2, 0.25) is 0 Å². The van der Waals surface area contributed by atoms with Crippen molar-refractivity contribution in [3.8, 4) is 23.7 Å². The molecule has 8 heteroatoms. The van der Waals surface area contributed by atoms with Crippen LogP contribution in [0.4, 0.5) is 0 Å². The van der Waals surface area contributed by atoms with Crippen LogP contribution < -0.4 is 17.0 Å². The van der Waals surface area contributed by atoms with Crippen LogP contribution in [-0.4, -0.2) is 79.6 Å². The van der Waals surface area contributed by atoms with Crippen LogP contribution in [0.5, 0.6) is 0 Å². The third kappa shape index (κ3) is 42.6. The Labute approximate surface area is 349 Å². The van der Waals surface area contributed by atoms with Crippen molar-refractivity contribution in [3.05, 3.63) is 7.43 Å². The Balaban J connectivity index is -0.000000874. The first-order valence-electron chi connectivity index (χ1n) is 20.7. The van der Waals surface area contributed by atoms with Crippen molar-refractivity contribution in [1.29, 1.82) is 0 Å². The zero-order valence-corrected chi connectivity index (χ0v) is 36.9. The molecule has 1 N–H and O–H groups in total. The summed E-state index contributed by atoms with van der Waals surface area (Å²) in [7, 11) is 0. The van der Waals surface area contributed by atoms with Crippen molar-refractivity contribution in [3.63, 3.8) is 0 Å². The van der Waals surface area contributed by atoms with Gasteiger partial charge < -0.3 is 53.3 Å². The van der Waals surface area contributed by atoms with E-state index in [-0.39, 0.29) is 66.1 Å². The van der Waals surface area contributed by atoms with Gasteiger partial charge in [0.05, 0.1) is 19.3 Å². The second-order valence-corrected chi connectivity index (χ2v) is 14.0. The number of carbonyl (C=O) groups excluding carboxylic acids is 1. The molecular weight excluding hydrogens is 729 g/mol. The molecule has 0 bridgehead atoms. The molecule has 2 aliphatic rings. The number of aliphatic hydroxyl groups is 1. The predicted octanol–water partition coefficient (Wildman–Crippen LogP) is 8.08. The van der Waals surface area contributed by atoms with Crippen molar-refractivity contribution >= 4 is 29.3 Å². The molecular formula is C44H79BrMgO6. The van der Waals surface area contributed by atoms with E-state index in [0.29, 0.717) is 0 Å². The average molecular weight is 808 g/mol. The average Bonchev–Trinajstić information content (AvgIpc) is 3.12. The van der Waals surface area contributed by atoms with Crippen molar-refractivity contribution < 1.29 is 45.8 Å². The predicted molar refractivity (Wildman–Crippen MR) is 215 cm³/mol. The minimum Gasteiger partial charge on any atom is -1.00 e. The van der Waals surface area contributed by atoms with Crippen LogP contribution in [0, 0.1) is 31.1 Å². The quantitative estimate of drug-likeness (QED) is 0.0284. The van der Waals surface area contributed by atoms with Gasteiger partial charge in [-0.3, -0.25) is 0 Å². The van der Waals surface area contributed by atoms with Crippen LogP contribution >= 0.6 is 0 Å².